The second kappa shape index (κ2) is 7.80. The molecule has 1 saturated carbocycles. The van der Waals surface area contributed by atoms with Gasteiger partial charge in [0.1, 0.15) is 16.5 Å². The standard InChI is InChI=1S/C22H28N4O3S/c1-25(14-6-7-14)20-19-15-4-2-3-5-16(15)30-21(19)24-17(23-20)12-18(27)26-10-8-13(9-11-26)22(28)29/h13-14H,2-12H2,1H3,(H,28,29). The largest absolute Gasteiger partial charge is 0.481 e. The highest BCUT2D eigenvalue weighted by atomic mass is 32.1. The molecule has 160 valence electrons. The molecule has 5 rings (SSSR count). The zero-order chi connectivity index (χ0) is 20.8. The van der Waals surface area contributed by atoms with Crippen LogP contribution in [0.25, 0.3) is 10.2 Å². The van der Waals surface area contributed by atoms with Crippen LogP contribution in [0.15, 0.2) is 0 Å². The number of likely N-dealkylation sites (tertiary alicyclic amines) is 1. The predicted octanol–water partition coefficient (Wildman–Crippen LogP) is 3.03. The number of aromatic nitrogens is 2. The van der Waals surface area contributed by atoms with Crippen LogP contribution >= 0.6 is 11.3 Å². The molecule has 7 nitrogen and oxygen atoms in total. The van der Waals surface area contributed by atoms with Crippen molar-refractivity contribution in [3.63, 3.8) is 0 Å². The van der Waals surface area contributed by atoms with Gasteiger partial charge in [-0.3, -0.25) is 9.59 Å². The van der Waals surface area contributed by atoms with Crippen molar-refractivity contribution < 1.29 is 14.7 Å². The molecule has 0 radical (unpaired) electrons. The number of anilines is 1. The number of carboxylic acids is 1. The molecule has 0 bridgehead atoms. The molecule has 3 aliphatic rings. The van der Waals surface area contributed by atoms with E-state index in [9.17, 15) is 14.7 Å². The Labute approximate surface area is 180 Å². The number of carbonyl (C=O) groups excluding carboxylic acids is 1. The van der Waals surface area contributed by atoms with E-state index in [-0.39, 0.29) is 18.2 Å². The lowest BCUT2D eigenvalue weighted by Gasteiger charge is -2.30. The minimum atomic E-state index is -0.759. The van der Waals surface area contributed by atoms with Gasteiger partial charge in [0.15, 0.2) is 0 Å². The Hall–Kier alpha value is -2.22. The lowest BCUT2D eigenvalue weighted by Crippen LogP contribution is -2.41. The van der Waals surface area contributed by atoms with E-state index in [1.165, 1.54) is 41.5 Å². The summed E-state index contributed by atoms with van der Waals surface area (Å²) in [4.78, 5) is 40.3. The topological polar surface area (TPSA) is 86.6 Å². The molecule has 0 aromatic carbocycles. The third kappa shape index (κ3) is 3.66. The smallest absolute Gasteiger partial charge is 0.306 e. The number of amides is 1. The maximum Gasteiger partial charge on any atom is 0.306 e. The lowest BCUT2D eigenvalue weighted by molar-refractivity contribution is -0.145. The molecule has 3 heterocycles. The van der Waals surface area contributed by atoms with Gasteiger partial charge < -0.3 is 14.9 Å². The monoisotopic (exact) mass is 428 g/mol. The number of piperidine rings is 1. The van der Waals surface area contributed by atoms with Crippen molar-refractivity contribution in [1.82, 2.24) is 14.9 Å². The van der Waals surface area contributed by atoms with Gasteiger partial charge in [0.2, 0.25) is 5.91 Å². The fraction of sp³-hybridized carbons (Fsp3) is 0.636. The first-order valence-electron chi connectivity index (χ1n) is 11.1. The molecule has 1 N–H and O–H groups in total. The van der Waals surface area contributed by atoms with Crippen LogP contribution < -0.4 is 4.90 Å². The number of aryl methyl sites for hydroxylation is 2. The third-order valence-electron chi connectivity index (χ3n) is 6.78. The fourth-order valence-corrected chi connectivity index (χ4v) is 6.05. The van der Waals surface area contributed by atoms with Crippen molar-refractivity contribution in [2.24, 2.45) is 5.92 Å². The van der Waals surface area contributed by atoms with Gasteiger partial charge in [-0.25, -0.2) is 9.97 Å². The summed E-state index contributed by atoms with van der Waals surface area (Å²) < 4.78 is 0. The molecule has 1 saturated heterocycles. The van der Waals surface area contributed by atoms with Crippen LogP contribution in [0.4, 0.5) is 5.82 Å². The molecular weight excluding hydrogens is 400 g/mol. The molecule has 1 aliphatic heterocycles. The van der Waals surface area contributed by atoms with Gasteiger partial charge >= 0.3 is 5.97 Å². The van der Waals surface area contributed by atoms with E-state index in [1.54, 1.807) is 16.2 Å². The van der Waals surface area contributed by atoms with Crippen molar-refractivity contribution in [3.8, 4) is 0 Å². The van der Waals surface area contributed by atoms with Crippen LogP contribution in [0, 0.1) is 5.92 Å². The average Bonchev–Trinajstić information content (AvgIpc) is 3.53. The normalized spacial score (nSPS) is 19.7. The first kappa shape index (κ1) is 19.7. The third-order valence-corrected chi connectivity index (χ3v) is 7.96. The van der Waals surface area contributed by atoms with Crippen molar-refractivity contribution in [2.75, 3.05) is 25.0 Å². The van der Waals surface area contributed by atoms with Crippen molar-refractivity contribution in [3.05, 3.63) is 16.3 Å². The molecule has 1 amide bonds. The van der Waals surface area contributed by atoms with E-state index in [0.717, 1.165) is 23.5 Å². The Morgan fingerprint density at radius 2 is 1.87 bits per heavy atom. The first-order valence-corrected chi connectivity index (χ1v) is 11.9. The maximum absolute atomic E-state index is 12.9. The van der Waals surface area contributed by atoms with Crippen LogP contribution in [0.2, 0.25) is 0 Å². The van der Waals surface area contributed by atoms with Gasteiger partial charge in [-0.15, -0.1) is 11.3 Å². The Morgan fingerprint density at radius 3 is 2.57 bits per heavy atom. The van der Waals surface area contributed by atoms with Crippen LogP contribution in [0.5, 0.6) is 0 Å². The second-order valence-electron chi connectivity index (χ2n) is 8.87. The Morgan fingerprint density at radius 1 is 1.13 bits per heavy atom. The minimum absolute atomic E-state index is 0.000432. The lowest BCUT2D eigenvalue weighted by atomic mass is 9.96. The average molecular weight is 429 g/mol. The maximum atomic E-state index is 12.9. The van der Waals surface area contributed by atoms with E-state index in [2.05, 4.69) is 11.9 Å². The molecule has 8 heteroatoms. The van der Waals surface area contributed by atoms with Gasteiger partial charge in [-0.1, -0.05) is 0 Å². The highest BCUT2D eigenvalue weighted by Crippen LogP contribution is 2.41. The first-order chi connectivity index (χ1) is 14.5. The Balaban J connectivity index is 1.42. The molecule has 0 atom stereocenters. The summed E-state index contributed by atoms with van der Waals surface area (Å²) in [6, 6.07) is 0.542. The van der Waals surface area contributed by atoms with Gasteiger partial charge in [0.05, 0.1) is 17.7 Å². The summed E-state index contributed by atoms with van der Waals surface area (Å²) in [5.41, 5.74) is 1.43. The molecule has 2 fully saturated rings. The number of fused-ring (bicyclic) bond motifs is 3. The Kier molecular flexibility index (Phi) is 5.13. The number of hydrogen-bond acceptors (Lipinski definition) is 6. The molecule has 30 heavy (non-hydrogen) atoms. The number of rotatable bonds is 5. The summed E-state index contributed by atoms with van der Waals surface area (Å²) in [7, 11) is 2.12. The number of hydrogen-bond donors (Lipinski definition) is 1. The summed E-state index contributed by atoms with van der Waals surface area (Å²) in [5, 5.41) is 10.4. The number of aliphatic carboxylic acids is 1. The van der Waals surface area contributed by atoms with Gasteiger partial charge in [-0.05, 0) is 56.9 Å². The Bertz CT molecular complexity index is 992. The van der Waals surface area contributed by atoms with E-state index in [1.807, 2.05) is 0 Å². The van der Waals surface area contributed by atoms with Crippen molar-refractivity contribution >= 4 is 39.2 Å². The molecule has 2 aromatic heterocycles. The summed E-state index contributed by atoms with van der Waals surface area (Å²) >= 11 is 1.78. The van der Waals surface area contributed by atoms with Crippen molar-refractivity contribution in [1.29, 1.82) is 0 Å². The molecule has 2 aliphatic carbocycles. The highest BCUT2D eigenvalue weighted by molar-refractivity contribution is 7.19. The predicted molar refractivity (Wildman–Crippen MR) is 116 cm³/mol. The summed E-state index contributed by atoms with van der Waals surface area (Å²) in [6.45, 7) is 1.00. The van der Waals surface area contributed by atoms with Crippen molar-refractivity contribution in [2.45, 2.75) is 63.8 Å². The zero-order valence-electron chi connectivity index (χ0n) is 17.4. The van der Waals surface area contributed by atoms with Gasteiger partial charge in [0.25, 0.3) is 0 Å². The number of thiophene rings is 1. The molecular formula is C22H28N4O3S. The van der Waals surface area contributed by atoms with Crippen LogP contribution in [0.1, 0.15) is 54.8 Å². The quantitative estimate of drug-likeness (QED) is 0.788. The minimum Gasteiger partial charge on any atom is -0.481 e. The number of carboxylic acid groups (broad SMARTS) is 1. The highest BCUT2D eigenvalue weighted by Gasteiger charge is 2.32. The SMILES string of the molecule is CN(c1nc(CC(=O)N2CCC(C(=O)O)CC2)nc2sc3c(c12)CCCC3)C1CC1. The van der Waals surface area contributed by atoms with E-state index < -0.39 is 5.97 Å². The van der Waals surface area contributed by atoms with Crippen LogP contribution in [0.3, 0.4) is 0 Å². The summed E-state index contributed by atoms with van der Waals surface area (Å²) in [6.07, 6.45) is 8.29. The van der Waals surface area contributed by atoms with Gasteiger partial charge in [-0.2, -0.15) is 0 Å². The van der Waals surface area contributed by atoms with Gasteiger partial charge in [0, 0.05) is 31.1 Å². The molecule has 2 aromatic rings. The fourth-order valence-electron chi connectivity index (χ4n) is 4.77. The summed E-state index contributed by atoms with van der Waals surface area (Å²) in [5.74, 6) is 0.492. The van der Waals surface area contributed by atoms with Crippen LogP contribution in [-0.4, -0.2) is 58.0 Å². The number of nitrogens with zero attached hydrogens (tertiary/aromatic N) is 4. The van der Waals surface area contributed by atoms with E-state index >= 15 is 0 Å². The van der Waals surface area contributed by atoms with E-state index in [0.29, 0.717) is 37.8 Å². The number of carbonyl (C=O) groups is 2. The van der Waals surface area contributed by atoms with Crippen LogP contribution in [-0.2, 0) is 28.9 Å². The van der Waals surface area contributed by atoms with E-state index in [4.69, 9.17) is 9.97 Å². The zero-order valence-corrected chi connectivity index (χ0v) is 18.2. The molecule has 0 unspecified atom stereocenters. The molecule has 0 spiro atoms. The second-order valence-corrected chi connectivity index (χ2v) is 9.95.